The Morgan fingerprint density at radius 3 is 2.38 bits per heavy atom. The smallest absolute Gasteiger partial charge is 0.133 e. The van der Waals surface area contributed by atoms with E-state index in [4.69, 9.17) is 9.84 Å². The van der Waals surface area contributed by atoms with Crippen molar-refractivity contribution < 1.29 is 14.6 Å². The predicted molar refractivity (Wildman–Crippen MR) is 51.6 cm³/mol. The molecule has 0 heterocycles. The van der Waals surface area contributed by atoms with Crippen molar-refractivity contribution in [2.45, 2.75) is 39.7 Å². The van der Waals surface area contributed by atoms with Crippen LogP contribution in [0.5, 0.6) is 0 Å². The topological polar surface area (TPSA) is 46.5 Å². The first-order valence-corrected chi connectivity index (χ1v) is 4.80. The normalized spacial score (nSPS) is 13.3. The fourth-order valence-corrected chi connectivity index (χ4v) is 1.15. The molecular weight excluding hydrogens is 168 g/mol. The zero-order chi connectivity index (χ0) is 10.3. The lowest BCUT2D eigenvalue weighted by molar-refractivity contribution is -0.122. The van der Waals surface area contributed by atoms with Gasteiger partial charge in [0.05, 0.1) is 6.10 Å². The summed E-state index contributed by atoms with van der Waals surface area (Å²) < 4.78 is 5.33. The van der Waals surface area contributed by atoms with Crippen LogP contribution in [-0.4, -0.2) is 30.2 Å². The molecule has 0 aliphatic carbocycles. The third kappa shape index (κ3) is 6.72. The van der Waals surface area contributed by atoms with Crippen molar-refractivity contribution in [1.29, 1.82) is 0 Å². The zero-order valence-corrected chi connectivity index (χ0v) is 8.75. The molecule has 0 amide bonds. The zero-order valence-electron chi connectivity index (χ0n) is 8.75. The van der Waals surface area contributed by atoms with Crippen molar-refractivity contribution in [3.05, 3.63) is 0 Å². The summed E-state index contributed by atoms with van der Waals surface area (Å²) in [5.74, 6) is 0.102. The van der Waals surface area contributed by atoms with Crippen molar-refractivity contribution in [3.63, 3.8) is 0 Å². The van der Waals surface area contributed by atoms with E-state index in [2.05, 4.69) is 0 Å². The van der Waals surface area contributed by atoms with Crippen molar-refractivity contribution in [2.75, 3.05) is 13.2 Å². The molecule has 1 atom stereocenters. The minimum Gasteiger partial charge on any atom is -0.396 e. The summed E-state index contributed by atoms with van der Waals surface area (Å²) in [5, 5.41) is 8.70. The maximum atomic E-state index is 11.0. The molecule has 0 aromatic heterocycles. The van der Waals surface area contributed by atoms with Gasteiger partial charge in [0.15, 0.2) is 0 Å². The Hall–Kier alpha value is -0.410. The van der Waals surface area contributed by atoms with Crippen LogP contribution in [0.1, 0.15) is 33.6 Å². The highest BCUT2D eigenvalue weighted by atomic mass is 16.5. The number of aliphatic hydroxyl groups excluding tert-OH is 1. The van der Waals surface area contributed by atoms with Gasteiger partial charge in [-0.15, -0.1) is 0 Å². The van der Waals surface area contributed by atoms with Gasteiger partial charge in [-0.2, -0.15) is 0 Å². The Bertz CT molecular complexity index is 143. The second-order valence-electron chi connectivity index (χ2n) is 3.53. The lowest BCUT2D eigenvalue weighted by Crippen LogP contribution is -2.16. The number of carbonyl (C=O) groups is 1. The largest absolute Gasteiger partial charge is 0.396 e. The molecule has 0 fully saturated rings. The molecule has 0 aromatic rings. The molecule has 0 spiro atoms. The van der Waals surface area contributed by atoms with Gasteiger partial charge in [0.25, 0.3) is 0 Å². The molecule has 3 nitrogen and oxygen atoms in total. The molecule has 13 heavy (non-hydrogen) atoms. The molecule has 3 heteroatoms. The maximum absolute atomic E-state index is 11.0. The summed E-state index contributed by atoms with van der Waals surface area (Å²) in [5.41, 5.74) is 0. The summed E-state index contributed by atoms with van der Waals surface area (Å²) in [6, 6.07) is 0. The average Bonchev–Trinajstić information content (AvgIpc) is 2.02. The molecule has 0 aromatic carbocycles. The number of aliphatic hydroxyl groups is 1. The van der Waals surface area contributed by atoms with Crippen LogP contribution in [0.4, 0.5) is 0 Å². The summed E-state index contributed by atoms with van der Waals surface area (Å²) in [6.07, 6.45) is 1.48. The van der Waals surface area contributed by atoms with Gasteiger partial charge in [-0.25, -0.2) is 0 Å². The molecule has 0 rings (SSSR count). The molecule has 0 aliphatic rings. The van der Waals surface area contributed by atoms with Crippen LogP contribution in [0.15, 0.2) is 0 Å². The Morgan fingerprint density at radius 2 is 2.00 bits per heavy atom. The number of ketones is 1. The number of rotatable bonds is 7. The molecule has 1 N–H and O–H groups in total. The van der Waals surface area contributed by atoms with Crippen LogP contribution in [0.25, 0.3) is 0 Å². The third-order valence-electron chi connectivity index (χ3n) is 1.97. The van der Waals surface area contributed by atoms with Crippen LogP contribution in [0.3, 0.4) is 0 Å². The standard InChI is InChI=1S/C10H20O3/c1-8(2)13-7-5-10(4-6-11)9(3)12/h8,10-11H,4-7H2,1-3H3. The van der Waals surface area contributed by atoms with E-state index in [1.54, 1.807) is 6.92 Å². The van der Waals surface area contributed by atoms with E-state index < -0.39 is 0 Å². The molecule has 0 bridgehead atoms. The lowest BCUT2D eigenvalue weighted by atomic mass is 9.98. The highest BCUT2D eigenvalue weighted by Gasteiger charge is 2.13. The molecule has 0 radical (unpaired) electrons. The van der Waals surface area contributed by atoms with E-state index in [0.29, 0.717) is 19.4 Å². The first kappa shape index (κ1) is 12.6. The third-order valence-corrected chi connectivity index (χ3v) is 1.97. The molecule has 1 unspecified atom stereocenters. The first-order chi connectivity index (χ1) is 6.07. The summed E-state index contributed by atoms with van der Waals surface area (Å²) in [4.78, 5) is 11.0. The quantitative estimate of drug-likeness (QED) is 0.656. The minimum atomic E-state index is -0.0382. The summed E-state index contributed by atoms with van der Waals surface area (Å²) >= 11 is 0. The van der Waals surface area contributed by atoms with E-state index in [1.165, 1.54) is 0 Å². The first-order valence-electron chi connectivity index (χ1n) is 4.80. The number of ether oxygens (including phenoxy) is 1. The van der Waals surface area contributed by atoms with E-state index in [9.17, 15) is 4.79 Å². The monoisotopic (exact) mass is 188 g/mol. The Labute approximate surface area is 80.1 Å². The van der Waals surface area contributed by atoms with Gasteiger partial charge in [0.2, 0.25) is 0 Å². The van der Waals surface area contributed by atoms with Crippen molar-refractivity contribution >= 4 is 5.78 Å². The average molecular weight is 188 g/mol. The van der Waals surface area contributed by atoms with Gasteiger partial charge in [-0.05, 0) is 33.6 Å². The minimum absolute atomic E-state index is 0.0382. The Balaban J connectivity index is 3.63. The lowest BCUT2D eigenvalue weighted by Gasteiger charge is -2.13. The molecule has 78 valence electrons. The highest BCUT2D eigenvalue weighted by molar-refractivity contribution is 5.78. The molecule has 0 saturated heterocycles. The SMILES string of the molecule is CC(=O)C(CCO)CCOC(C)C. The van der Waals surface area contributed by atoms with Crippen molar-refractivity contribution in [3.8, 4) is 0 Å². The number of Topliss-reactive ketones (excluding diaryl/α,β-unsaturated/α-hetero) is 1. The number of carbonyl (C=O) groups excluding carboxylic acids is 1. The fourth-order valence-electron chi connectivity index (χ4n) is 1.15. The van der Waals surface area contributed by atoms with Gasteiger partial charge in [0, 0.05) is 19.1 Å². The van der Waals surface area contributed by atoms with Gasteiger partial charge < -0.3 is 9.84 Å². The summed E-state index contributed by atoms with van der Waals surface area (Å²) in [7, 11) is 0. The molecule has 0 aliphatic heterocycles. The van der Waals surface area contributed by atoms with Crippen LogP contribution in [-0.2, 0) is 9.53 Å². The second-order valence-corrected chi connectivity index (χ2v) is 3.53. The van der Waals surface area contributed by atoms with Crippen LogP contribution in [0.2, 0.25) is 0 Å². The van der Waals surface area contributed by atoms with Gasteiger partial charge in [-0.1, -0.05) is 0 Å². The van der Waals surface area contributed by atoms with E-state index >= 15 is 0 Å². The fraction of sp³-hybridized carbons (Fsp3) is 0.900. The Morgan fingerprint density at radius 1 is 1.38 bits per heavy atom. The predicted octanol–water partition coefficient (Wildman–Crippen LogP) is 1.39. The van der Waals surface area contributed by atoms with Crippen molar-refractivity contribution in [1.82, 2.24) is 0 Å². The van der Waals surface area contributed by atoms with Crippen LogP contribution < -0.4 is 0 Å². The Kier molecular flexibility index (Phi) is 6.82. The van der Waals surface area contributed by atoms with Crippen molar-refractivity contribution in [2.24, 2.45) is 5.92 Å². The maximum Gasteiger partial charge on any atom is 0.133 e. The van der Waals surface area contributed by atoms with Crippen LogP contribution in [0, 0.1) is 5.92 Å². The highest BCUT2D eigenvalue weighted by Crippen LogP contribution is 2.10. The van der Waals surface area contributed by atoms with Gasteiger partial charge in [0.1, 0.15) is 5.78 Å². The number of hydrogen-bond acceptors (Lipinski definition) is 3. The molecular formula is C10H20O3. The number of hydrogen-bond donors (Lipinski definition) is 1. The van der Waals surface area contributed by atoms with E-state index in [1.807, 2.05) is 13.8 Å². The summed E-state index contributed by atoms with van der Waals surface area (Å²) in [6.45, 7) is 6.17. The van der Waals surface area contributed by atoms with E-state index in [-0.39, 0.29) is 24.4 Å². The van der Waals surface area contributed by atoms with Gasteiger partial charge in [-0.3, -0.25) is 4.79 Å². The molecule has 0 saturated carbocycles. The van der Waals surface area contributed by atoms with Crippen LogP contribution >= 0.6 is 0 Å². The second kappa shape index (κ2) is 7.04. The van der Waals surface area contributed by atoms with Gasteiger partial charge >= 0.3 is 0 Å². The van der Waals surface area contributed by atoms with E-state index in [0.717, 1.165) is 0 Å².